The zero-order chi connectivity index (χ0) is 15.4. The Bertz CT molecular complexity index is 566. The predicted molar refractivity (Wildman–Crippen MR) is 88.1 cm³/mol. The average molecular weight is 305 g/mol. The third kappa shape index (κ3) is 3.77. The van der Waals surface area contributed by atoms with Crippen LogP contribution in [0.4, 0.5) is 0 Å². The Morgan fingerprint density at radius 2 is 1.95 bits per heavy atom. The number of benzene rings is 1. The fraction of sp³-hybridized carbons (Fsp3) is 0.412. The lowest BCUT2D eigenvalue weighted by molar-refractivity contribution is 0.367. The van der Waals surface area contributed by atoms with Gasteiger partial charge in [-0.15, -0.1) is 11.3 Å². The van der Waals surface area contributed by atoms with E-state index in [-0.39, 0.29) is 12.1 Å². The van der Waals surface area contributed by atoms with E-state index in [0.29, 0.717) is 11.7 Å². The van der Waals surface area contributed by atoms with Crippen LogP contribution in [-0.4, -0.2) is 12.2 Å². The SMILES string of the molecule is COc1ccc(O)c(C(C)NC(c2cccs2)C(C)C)c1. The normalized spacial score (nSPS) is 14.1. The van der Waals surface area contributed by atoms with Gasteiger partial charge in [0.1, 0.15) is 11.5 Å². The lowest BCUT2D eigenvalue weighted by atomic mass is 9.99. The summed E-state index contributed by atoms with van der Waals surface area (Å²) in [4.78, 5) is 1.32. The molecule has 0 radical (unpaired) electrons. The number of phenols is 1. The van der Waals surface area contributed by atoms with Crippen LogP contribution >= 0.6 is 11.3 Å². The van der Waals surface area contributed by atoms with Gasteiger partial charge in [-0.25, -0.2) is 0 Å². The molecule has 21 heavy (non-hydrogen) atoms. The van der Waals surface area contributed by atoms with Crippen LogP contribution in [0.5, 0.6) is 11.5 Å². The standard InChI is InChI=1S/C17H23NO2S/c1-11(2)17(16-6-5-9-21-16)18-12(3)14-10-13(20-4)7-8-15(14)19/h5-12,17-19H,1-4H3. The summed E-state index contributed by atoms with van der Waals surface area (Å²) in [6.45, 7) is 6.47. The number of ether oxygens (including phenoxy) is 1. The molecule has 3 nitrogen and oxygen atoms in total. The maximum Gasteiger partial charge on any atom is 0.120 e. The lowest BCUT2D eigenvalue weighted by Crippen LogP contribution is -2.27. The summed E-state index contributed by atoms with van der Waals surface area (Å²) in [7, 11) is 1.64. The molecule has 4 heteroatoms. The molecule has 0 amide bonds. The quantitative estimate of drug-likeness (QED) is 0.825. The maximum absolute atomic E-state index is 10.1. The summed E-state index contributed by atoms with van der Waals surface area (Å²) in [6, 6.07) is 9.87. The number of thiophene rings is 1. The zero-order valence-corrected chi connectivity index (χ0v) is 13.8. The van der Waals surface area contributed by atoms with Crippen molar-refractivity contribution < 1.29 is 9.84 Å². The van der Waals surface area contributed by atoms with E-state index < -0.39 is 0 Å². The molecule has 2 N–H and O–H groups in total. The number of rotatable bonds is 6. The highest BCUT2D eigenvalue weighted by molar-refractivity contribution is 7.10. The number of aromatic hydroxyl groups is 1. The van der Waals surface area contributed by atoms with Crippen molar-refractivity contribution in [3.63, 3.8) is 0 Å². The van der Waals surface area contributed by atoms with Crippen molar-refractivity contribution in [3.05, 3.63) is 46.2 Å². The van der Waals surface area contributed by atoms with Crippen molar-refractivity contribution in [2.75, 3.05) is 7.11 Å². The second-order valence-electron chi connectivity index (χ2n) is 5.55. The molecule has 1 aromatic carbocycles. The topological polar surface area (TPSA) is 41.5 Å². The Morgan fingerprint density at radius 1 is 1.19 bits per heavy atom. The van der Waals surface area contributed by atoms with E-state index >= 15 is 0 Å². The highest BCUT2D eigenvalue weighted by Gasteiger charge is 2.21. The molecule has 2 aromatic rings. The van der Waals surface area contributed by atoms with E-state index in [1.165, 1.54) is 4.88 Å². The molecule has 0 saturated heterocycles. The smallest absolute Gasteiger partial charge is 0.120 e. The molecule has 0 fully saturated rings. The molecule has 114 valence electrons. The molecule has 0 bridgehead atoms. The van der Waals surface area contributed by atoms with Gasteiger partial charge in [-0.3, -0.25) is 0 Å². The van der Waals surface area contributed by atoms with Crippen LogP contribution in [0.2, 0.25) is 0 Å². The van der Waals surface area contributed by atoms with E-state index in [0.717, 1.165) is 11.3 Å². The van der Waals surface area contributed by atoms with Crippen molar-refractivity contribution in [1.82, 2.24) is 5.32 Å². The van der Waals surface area contributed by atoms with Crippen LogP contribution in [0.3, 0.4) is 0 Å². The fourth-order valence-electron chi connectivity index (χ4n) is 2.44. The van der Waals surface area contributed by atoms with Crippen LogP contribution in [-0.2, 0) is 0 Å². The average Bonchev–Trinajstić information content (AvgIpc) is 2.98. The number of phenolic OH excluding ortho intramolecular Hbond substituents is 1. The molecule has 2 unspecified atom stereocenters. The molecule has 1 heterocycles. The van der Waals surface area contributed by atoms with E-state index in [4.69, 9.17) is 4.74 Å². The van der Waals surface area contributed by atoms with Crippen LogP contribution in [0, 0.1) is 5.92 Å². The maximum atomic E-state index is 10.1. The van der Waals surface area contributed by atoms with Gasteiger partial charge in [-0.2, -0.15) is 0 Å². The zero-order valence-electron chi connectivity index (χ0n) is 13.0. The molecule has 0 spiro atoms. The van der Waals surface area contributed by atoms with Gasteiger partial charge in [0.15, 0.2) is 0 Å². The lowest BCUT2D eigenvalue weighted by Gasteiger charge is -2.26. The van der Waals surface area contributed by atoms with Gasteiger partial charge in [-0.05, 0) is 42.5 Å². The van der Waals surface area contributed by atoms with Crippen LogP contribution in [0.25, 0.3) is 0 Å². The molecule has 2 atom stereocenters. The van der Waals surface area contributed by atoms with Crippen molar-refractivity contribution in [3.8, 4) is 11.5 Å². The summed E-state index contributed by atoms with van der Waals surface area (Å²) < 4.78 is 5.25. The van der Waals surface area contributed by atoms with Gasteiger partial charge >= 0.3 is 0 Å². The first-order chi connectivity index (χ1) is 10.0. The van der Waals surface area contributed by atoms with Crippen molar-refractivity contribution in [1.29, 1.82) is 0 Å². The van der Waals surface area contributed by atoms with E-state index in [9.17, 15) is 5.11 Å². The largest absolute Gasteiger partial charge is 0.508 e. The molecule has 0 aliphatic heterocycles. The molecular formula is C17H23NO2S. The van der Waals surface area contributed by atoms with Gasteiger partial charge in [0.2, 0.25) is 0 Å². The van der Waals surface area contributed by atoms with Gasteiger partial charge in [0, 0.05) is 22.5 Å². The summed E-state index contributed by atoms with van der Waals surface area (Å²) in [5.74, 6) is 1.53. The number of hydrogen-bond donors (Lipinski definition) is 2. The molecule has 2 rings (SSSR count). The third-order valence-electron chi connectivity index (χ3n) is 3.65. The van der Waals surface area contributed by atoms with Crippen molar-refractivity contribution in [2.45, 2.75) is 32.9 Å². The Labute approximate surface area is 130 Å². The molecular weight excluding hydrogens is 282 g/mol. The Balaban J connectivity index is 2.21. The summed E-state index contributed by atoms with van der Waals surface area (Å²) in [6.07, 6.45) is 0. The molecule has 0 aliphatic rings. The minimum atomic E-state index is 0.0367. The fourth-order valence-corrected chi connectivity index (χ4v) is 3.40. The van der Waals surface area contributed by atoms with E-state index in [1.807, 2.05) is 6.07 Å². The van der Waals surface area contributed by atoms with Crippen molar-refractivity contribution >= 4 is 11.3 Å². The minimum absolute atomic E-state index is 0.0367. The van der Waals surface area contributed by atoms with E-state index in [1.54, 1.807) is 30.6 Å². The van der Waals surface area contributed by atoms with Gasteiger partial charge < -0.3 is 15.2 Å². The first-order valence-corrected chi connectivity index (χ1v) is 8.07. The van der Waals surface area contributed by atoms with Crippen LogP contribution in [0.1, 0.15) is 43.3 Å². The molecule has 1 aromatic heterocycles. The first-order valence-electron chi connectivity index (χ1n) is 7.19. The Hall–Kier alpha value is -1.52. The van der Waals surface area contributed by atoms with Crippen LogP contribution in [0.15, 0.2) is 35.7 Å². The van der Waals surface area contributed by atoms with Crippen molar-refractivity contribution in [2.24, 2.45) is 5.92 Å². The third-order valence-corrected chi connectivity index (χ3v) is 4.60. The summed E-state index contributed by atoms with van der Waals surface area (Å²) in [5.41, 5.74) is 0.858. The highest BCUT2D eigenvalue weighted by atomic mass is 32.1. The first kappa shape index (κ1) is 15.9. The number of nitrogens with one attached hydrogen (secondary N) is 1. The number of methoxy groups -OCH3 is 1. The summed E-state index contributed by atoms with van der Waals surface area (Å²) in [5, 5.41) is 15.8. The van der Waals surface area contributed by atoms with Crippen LogP contribution < -0.4 is 10.1 Å². The Morgan fingerprint density at radius 3 is 2.52 bits per heavy atom. The summed E-state index contributed by atoms with van der Waals surface area (Å²) >= 11 is 1.76. The van der Waals surface area contributed by atoms with Gasteiger partial charge in [0.25, 0.3) is 0 Å². The monoisotopic (exact) mass is 305 g/mol. The molecule has 0 aliphatic carbocycles. The van der Waals surface area contributed by atoms with Gasteiger partial charge in [0.05, 0.1) is 7.11 Å². The second-order valence-corrected chi connectivity index (χ2v) is 6.53. The minimum Gasteiger partial charge on any atom is -0.508 e. The predicted octanol–water partition coefficient (Wildman–Crippen LogP) is 4.51. The Kier molecular flexibility index (Phi) is 5.26. The highest BCUT2D eigenvalue weighted by Crippen LogP contribution is 2.33. The molecule has 0 saturated carbocycles. The number of hydrogen-bond acceptors (Lipinski definition) is 4. The van der Waals surface area contributed by atoms with Gasteiger partial charge in [-0.1, -0.05) is 19.9 Å². The second kappa shape index (κ2) is 6.96. The van der Waals surface area contributed by atoms with E-state index in [2.05, 4.69) is 43.6 Å².